The topological polar surface area (TPSA) is 92.3 Å². The quantitative estimate of drug-likeness (QED) is 0.509. The highest BCUT2D eigenvalue weighted by Gasteiger charge is 2.34. The van der Waals surface area contributed by atoms with Gasteiger partial charge in [0.05, 0.1) is 17.5 Å². The summed E-state index contributed by atoms with van der Waals surface area (Å²) >= 11 is 2.54. The van der Waals surface area contributed by atoms with Crippen molar-refractivity contribution in [3.8, 4) is 0 Å². The van der Waals surface area contributed by atoms with Crippen LogP contribution in [-0.4, -0.2) is 42.6 Å². The zero-order valence-corrected chi connectivity index (χ0v) is 17.5. The Balaban J connectivity index is 2.31. The molecule has 1 amide bonds. The molecule has 1 aromatic heterocycles. The van der Waals surface area contributed by atoms with Crippen LogP contribution in [-0.2, 0) is 21.0 Å². The molecule has 0 radical (unpaired) electrons. The second-order valence-corrected chi connectivity index (χ2v) is 9.93. The number of rotatable bonds is 7. The number of amides is 1. The van der Waals surface area contributed by atoms with Crippen LogP contribution in [0.25, 0.3) is 0 Å². The Hall–Kier alpha value is -1.86. The van der Waals surface area contributed by atoms with Crippen molar-refractivity contribution >= 4 is 49.8 Å². The molecule has 2 aromatic rings. The molecular weight excluding hydrogens is 437 g/mol. The summed E-state index contributed by atoms with van der Waals surface area (Å²) in [5.74, 6) is 0.0168. The van der Waals surface area contributed by atoms with Crippen LogP contribution in [0.15, 0.2) is 28.6 Å². The molecule has 7 nitrogen and oxygen atoms in total. The number of halogens is 3. The summed E-state index contributed by atoms with van der Waals surface area (Å²) in [4.78, 5) is 12.5. The maximum absolute atomic E-state index is 13.0. The lowest BCUT2D eigenvalue weighted by molar-refractivity contribution is -0.137. The number of nitrogens with zero attached hydrogens (tertiary/aromatic N) is 3. The standard InChI is InChI=1S/C15H17F3N4O3S3/c1-4-26-14-21-20-13(27-14)19-12(23)9(2)22(28(3,24)25)11-7-5-6-10(8-11)15(16,17)18/h5-9H,4H2,1-3H3,(H,19,20,23). The van der Waals surface area contributed by atoms with E-state index in [9.17, 15) is 26.4 Å². The van der Waals surface area contributed by atoms with Crippen LogP contribution in [0.1, 0.15) is 19.4 Å². The first-order chi connectivity index (χ1) is 12.9. The zero-order chi connectivity index (χ0) is 21.1. The lowest BCUT2D eigenvalue weighted by Gasteiger charge is -2.28. The van der Waals surface area contributed by atoms with Gasteiger partial charge in [0.15, 0.2) is 4.34 Å². The second kappa shape index (κ2) is 8.66. The molecule has 1 atom stereocenters. The SMILES string of the molecule is CCSc1nnc(NC(=O)C(C)N(c2cccc(C(F)(F)F)c2)S(C)(=O)=O)s1. The third-order valence-electron chi connectivity index (χ3n) is 3.42. The first kappa shape index (κ1) is 22.4. The van der Waals surface area contributed by atoms with E-state index in [4.69, 9.17) is 0 Å². The highest BCUT2D eigenvalue weighted by molar-refractivity contribution is 8.01. The van der Waals surface area contributed by atoms with Crippen molar-refractivity contribution in [1.82, 2.24) is 10.2 Å². The van der Waals surface area contributed by atoms with Gasteiger partial charge in [0, 0.05) is 0 Å². The van der Waals surface area contributed by atoms with E-state index in [0.717, 1.165) is 35.5 Å². The minimum Gasteiger partial charge on any atom is -0.299 e. The number of benzene rings is 1. The molecule has 0 saturated heterocycles. The van der Waals surface area contributed by atoms with E-state index in [2.05, 4.69) is 15.5 Å². The molecule has 28 heavy (non-hydrogen) atoms. The summed E-state index contributed by atoms with van der Waals surface area (Å²) in [6.07, 6.45) is -3.83. The molecule has 0 aliphatic rings. The van der Waals surface area contributed by atoms with Gasteiger partial charge in [0.25, 0.3) is 0 Å². The fourth-order valence-electron chi connectivity index (χ4n) is 2.28. The van der Waals surface area contributed by atoms with Gasteiger partial charge in [-0.15, -0.1) is 10.2 Å². The van der Waals surface area contributed by atoms with Crippen molar-refractivity contribution in [2.45, 2.75) is 30.4 Å². The van der Waals surface area contributed by atoms with E-state index in [1.54, 1.807) is 0 Å². The Bertz CT molecular complexity index is 947. The molecule has 0 fully saturated rings. The van der Waals surface area contributed by atoms with Crippen LogP contribution in [0.4, 0.5) is 24.0 Å². The molecule has 154 valence electrons. The minimum absolute atomic E-state index is 0.172. The van der Waals surface area contributed by atoms with E-state index in [1.807, 2.05) is 6.92 Å². The van der Waals surface area contributed by atoms with Gasteiger partial charge in [-0.3, -0.25) is 14.4 Å². The molecule has 1 N–H and O–H groups in total. The van der Waals surface area contributed by atoms with Crippen LogP contribution < -0.4 is 9.62 Å². The van der Waals surface area contributed by atoms with Gasteiger partial charge in [-0.25, -0.2) is 8.42 Å². The Morgan fingerprint density at radius 3 is 2.61 bits per heavy atom. The third-order valence-corrected chi connectivity index (χ3v) is 6.52. The van der Waals surface area contributed by atoms with E-state index in [-0.39, 0.29) is 10.8 Å². The summed E-state index contributed by atoms with van der Waals surface area (Å²) in [5.41, 5.74) is -1.28. The van der Waals surface area contributed by atoms with Gasteiger partial charge in [0.1, 0.15) is 6.04 Å². The van der Waals surface area contributed by atoms with E-state index in [1.165, 1.54) is 24.8 Å². The highest BCUT2D eigenvalue weighted by atomic mass is 32.2. The lowest BCUT2D eigenvalue weighted by atomic mass is 10.2. The molecule has 13 heteroatoms. The number of alkyl halides is 3. The third kappa shape index (κ3) is 5.58. The van der Waals surface area contributed by atoms with E-state index in [0.29, 0.717) is 14.7 Å². The minimum atomic E-state index is -4.65. The van der Waals surface area contributed by atoms with Crippen molar-refractivity contribution < 1.29 is 26.4 Å². The van der Waals surface area contributed by atoms with Gasteiger partial charge in [-0.1, -0.05) is 36.1 Å². The number of thioether (sulfide) groups is 1. The fraction of sp³-hybridized carbons (Fsp3) is 0.400. The van der Waals surface area contributed by atoms with Gasteiger partial charge >= 0.3 is 6.18 Å². The monoisotopic (exact) mass is 454 g/mol. The number of anilines is 2. The number of carbonyl (C=O) groups excluding carboxylic acids is 1. The van der Waals surface area contributed by atoms with Crippen molar-refractivity contribution in [2.24, 2.45) is 0 Å². The number of hydrogen-bond donors (Lipinski definition) is 1. The summed E-state index contributed by atoms with van der Waals surface area (Å²) in [6, 6.07) is 2.47. The maximum atomic E-state index is 13.0. The predicted octanol–water partition coefficient (Wildman–Crippen LogP) is 3.46. The molecule has 1 aromatic carbocycles. The molecule has 0 saturated carbocycles. The maximum Gasteiger partial charge on any atom is 0.416 e. The first-order valence-corrected chi connectivity index (χ1v) is 11.5. The molecular formula is C15H17F3N4O3S3. The summed E-state index contributed by atoms with van der Waals surface area (Å²) in [7, 11) is -4.05. The van der Waals surface area contributed by atoms with Gasteiger partial charge in [0.2, 0.25) is 21.1 Å². The van der Waals surface area contributed by atoms with Crippen molar-refractivity contribution in [3.63, 3.8) is 0 Å². The van der Waals surface area contributed by atoms with Crippen LogP contribution in [0.3, 0.4) is 0 Å². The van der Waals surface area contributed by atoms with Crippen LogP contribution in [0.2, 0.25) is 0 Å². The van der Waals surface area contributed by atoms with Gasteiger partial charge in [-0.05, 0) is 30.9 Å². The molecule has 1 heterocycles. The predicted molar refractivity (Wildman–Crippen MR) is 103 cm³/mol. The zero-order valence-electron chi connectivity index (χ0n) is 15.0. The number of hydrogen-bond acceptors (Lipinski definition) is 7. The normalized spacial score (nSPS) is 13.2. The molecule has 0 aliphatic heterocycles. The van der Waals surface area contributed by atoms with Gasteiger partial charge < -0.3 is 0 Å². The van der Waals surface area contributed by atoms with Crippen LogP contribution >= 0.6 is 23.1 Å². The molecule has 0 bridgehead atoms. The molecule has 2 rings (SSSR count). The second-order valence-electron chi connectivity index (χ2n) is 5.58. The summed E-state index contributed by atoms with van der Waals surface area (Å²) < 4.78 is 64.6. The number of nitrogens with one attached hydrogen (secondary N) is 1. The average Bonchev–Trinajstić information content (AvgIpc) is 3.00. The van der Waals surface area contributed by atoms with Crippen molar-refractivity contribution in [2.75, 3.05) is 21.6 Å². The smallest absolute Gasteiger partial charge is 0.299 e. The number of aromatic nitrogens is 2. The number of carbonyl (C=O) groups is 1. The Morgan fingerprint density at radius 1 is 1.36 bits per heavy atom. The molecule has 1 unspecified atom stereocenters. The fourth-order valence-corrected chi connectivity index (χ4v) is 5.10. The van der Waals surface area contributed by atoms with Crippen molar-refractivity contribution in [1.29, 1.82) is 0 Å². The first-order valence-electron chi connectivity index (χ1n) is 7.87. The average molecular weight is 455 g/mol. The number of sulfonamides is 1. The van der Waals surface area contributed by atoms with Crippen LogP contribution in [0.5, 0.6) is 0 Å². The molecule has 0 aliphatic carbocycles. The van der Waals surface area contributed by atoms with Gasteiger partial charge in [-0.2, -0.15) is 13.2 Å². The summed E-state index contributed by atoms with van der Waals surface area (Å²) in [6.45, 7) is 3.20. The Labute approximate surface area is 168 Å². The Morgan fingerprint density at radius 2 is 2.04 bits per heavy atom. The largest absolute Gasteiger partial charge is 0.416 e. The highest BCUT2D eigenvalue weighted by Crippen LogP contribution is 2.33. The lowest BCUT2D eigenvalue weighted by Crippen LogP contribution is -2.45. The summed E-state index contributed by atoms with van der Waals surface area (Å²) in [5, 5.41) is 10.3. The molecule has 0 spiro atoms. The Kier molecular flexibility index (Phi) is 6.93. The van der Waals surface area contributed by atoms with Crippen LogP contribution in [0, 0.1) is 0 Å². The van der Waals surface area contributed by atoms with E-state index < -0.39 is 33.7 Å². The van der Waals surface area contributed by atoms with E-state index >= 15 is 0 Å². The van der Waals surface area contributed by atoms with Crippen molar-refractivity contribution in [3.05, 3.63) is 29.8 Å².